The Labute approximate surface area is 124 Å². The van der Waals surface area contributed by atoms with Crippen molar-refractivity contribution in [3.05, 3.63) is 12.7 Å². The summed E-state index contributed by atoms with van der Waals surface area (Å²) in [6.07, 6.45) is 2.48. The fourth-order valence-corrected chi connectivity index (χ4v) is 3.14. The summed E-state index contributed by atoms with van der Waals surface area (Å²) < 4.78 is 12.1. The van der Waals surface area contributed by atoms with Gasteiger partial charge in [0.25, 0.3) is 0 Å². The van der Waals surface area contributed by atoms with Crippen molar-refractivity contribution >= 4 is 0 Å². The van der Waals surface area contributed by atoms with Crippen LogP contribution in [0.4, 0.5) is 0 Å². The van der Waals surface area contributed by atoms with Gasteiger partial charge in [0.15, 0.2) is 6.29 Å². The van der Waals surface area contributed by atoms with Crippen molar-refractivity contribution in [1.29, 1.82) is 0 Å². The molecule has 3 nitrogen and oxygen atoms in total. The van der Waals surface area contributed by atoms with E-state index in [1.54, 1.807) is 6.08 Å². The zero-order valence-corrected chi connectivity index (χ0v) is 13.9. The summed E-state index contributed by atoms with van der Waals surface area (Å²) in [7, 11) is 0. The highest BCUT2D eigenvalue weighted by atomic mass is 16.7. The van der Waals surface area contributed by atoms with E-state index in [4.69, 9.17) is 9.47 Å². The van der Waals surface area contributed by atoms with E-state index in [1.807, 2.05) is 20.8 Å². The number of hydrogen-bond acceptors (Lipinski definition) is 3. The molecule has 1 aliphatic rings. The summed E-state index contributed by atoms with van der Waals surface area (Å²) in [5.41, 5.74) is 0. The molecule has 1 heterocycles. The van der Waals surface area contributed by atoms with Gasteiger partial charge in [-0.3, -0.25) is 0 Å². The maximum Gasteiger partial charge on any atom is 0.160 e. The van der Waals surface area contributed by atoms with E-state index < -0.39 is 6.10 Å². The Balaban J connectivity index is 2.74. The zero-order chi connectivity index (χ0) is 15.4. The molecule has 0 aromatic rings. The number of aliphatic hydroxyl groups excluding tert-OH is 1. The Bertz CT molecular complexity index is 303. The zero-order valence-electron chi connectivity index (χ0n) is 13.9. The molecule has 0 saturated carbocycles. The van der Waals surface area contributed by atoms with Crippen LogP contribution in [0, 0.1) is 23.7 Å². The molecule has 1 fully saturated rings. The van der Waals surface area contributed by atoms with Crippen molar-refractivity contribution < 1.29 is 14.6 Å². The van der Waals surface area contributed by atoms with E-state index in [9.17, 15) is 5.11 Å². The molecule has 1 rings (SSSR count). The maximum atomic E-state index is 10.4. The summed E-state index contributed by atoms with van der Waals surface area (Å²) in [6.45, 7) is 16.3. The molecule has 7 atom stereocenters. The van der Waals surface area contributed by atoms with Crippen LogP contribution in [-0.2, 0) is 9.47 Å². The maximum absolute atomic E-state index is 10.4. The highest BCUT2D eigenvalue weighted by Gasteiger charge is 2.40. The number of rotatable bonds is 6. The summed E-state index contributed by atoms with van der Waals surface area (Å²) in [6, 6.07) is 0. The first kappa shape index (κ1) is 17.7. The molecule has 118 valence electrons. The first-order valence-electron chi connectivity index (χ1n) is 7.89. The molecule has 3 heteroatoms. The third kappa shape index (κ3) is 4.31. The predicted octanol–water partition coefficient (Wildman–Crippen LogP) is 3.62. The lowest BCUT2D eigenvalue weighted by molar-refractivity contribution is -0.260. The van der Waals surface area contributed by atoms with Gasteiger partial charge in [-0.05, 0) is 26.2 Å². The van der Waals surface area contributed by atoms with E-state index in [2.05, 4.69) is 27.4 Å². The van der Waals surface area contributed by atoms with E-state index in [-0.39, 0.29) is 30.3 Å². The van der Waals surface area contributed by atoms with Gasteiger partial charge in [0.1, 0.15) is 0 Å². The van der Waals surface area contributed by atoms with Crippen LogP contribution in [0.1, 0.15) is 48.0 Å². The smallest absolute Gasteiger partial charge is 0.160 e. The second kappa shape index (κ2) is 7.58. The summed E-state index contributed by atoms with van der Waals surface area (Å²) >= 11 is 0. The lowest BCUT2D eigenvalue weighted by atomic mass is 9.79. The molecule has 0 aromatic carbocycles. The van der Waals surface area contributed by atoms with Crippen LogP contribution in [0.3, 0.4) is 0 Å². The Morgan fingerprint density at radius 2 is 1.80 bits per heavy atom. The van der Waals surface area contributed by atoms with Crippen LogP contribution < -0.4 is 0 Å². The predicted molar refractivity (Wildman–Crippen MR) is 82.4 cm³/mol. The van der Waals surface area contributed by atoms with Crippen LogP contribution in [0.2, 0.25) is 0 Å². The van der Waals surface area contributed by atoms with E-state index in [1.165, 1.54) is 0 Å². The lowest BCUT2D eigenvalue weighted by Crippen LogP contribution is -2.47. The molecule has 20 heavy (non-hydrogen) atoms. The Morgan fingerprint density at radius 1 is 1.20 bits per heavy atom. The summed E-state index contributed by atoms with van der Waals surface area (Å²) in [5, 5.41) is 10.4. The molecule has 1 saturated heterocycles. The Morgan fingerprint density at radius 3 is 2.30 bits per heavy atom. The summed E-state index contributed by atoms with van der Waals surface area (Å²) in [5.74, 6) is 0.969. The average molecular weight is 284 g/mol. The minimum absolute atomic E-state index is 0.0346. The Hall–Kier alpha value is -0.380. The van der Waals surface area contributed by atoms with Gasteiger partial charge in [-0.25, -0.2) is 0 Å². The number of ether oxygens (including phenoxy) is 2. The van der Waals surface area contributed by atoms with E-state index in [0.29, 0.717) is 11.8 Å². The van der Waals surface area contributed by atoms with Crippen molar-refractivity contribution in [3.63, 3.8) is 0 Å². The van der Waals surface area contributed by atoms with Crippen molar-refractivity contribution in [2.45, 2.75) is 72.6 Å². The highest BCUT2D eigenvalue weighted by Crippen LogP contribution is 2.36. The molecule has 0 bridgehead atoms. The van der Waals surface area contributed by atoms with Gasteiger partial charge in [-0.15, -0.1) is 6.58 Å². The number of aliphatic hydroxyl groups is 1. The van der Waals surface area contributed by atoms with Crippen LogP contribution >= 0.6 is 0 Å². The standard InChI is InChI=1S/C17H32O3/c1-8-11(4)15(18)14(7)16-12(5)9-13(6)17(20-16)19-10(2)3/h8,10-18H,1,9H2,2-7H3/t11-,12?,13?,14-,15+,16-,17?/m0/s1. The largest absolute Gasteiger partial charge is 0.392 e. The van der Waals surface area contributed by atoms with Gasteiger partial charge in [0, 0.05) is 17.8 Å². The molecule has 0 spiro atoms. The molecule has 1 N–H and O–H groups in total. The fraction of sp³-hybridized carbons (Fsp3) is 0.882. The first-order chi connectivity index (χ1) is 9.27. The van der Waals surface area contributed by atoms with Crippen LogP contribution in [-0.4, -0.2) is 29.7 Å². The van der Waals surface area contributed by atoms with Crippen molar-refractivity contribution in [3.8, 4) is 0 Å². The van der Waals surface area contributed by atoms with Gasteiger partial charge in [-0.2, -0.15) is 0 Å². The second-order valence-electron chi connectivity index (χ2n) is 6.79. The minimum Gasteiger partial charge on any atom is -0.392 e. The minimum atomic E-state index is -0.423. The molecule has 0 amide bonds. The van der Waals surface area contributed by atoms with Crippen molar-refractivity contribution in [1.82, 2.24) is 0 Å². The van der Waals surface area contributed by atoms with Gasteiger partial charge >= 0.3 is 0 Å². The third-order valence-electron chi connectivity index (χ3n) is 4.43. The van der Waals surface area contributed by atoms with Gasteiger partial charge in [-0.1, -0.05) is 33.8 Å². The second-order valence-corrected chi connectivity index (χ2v) is 6.79. The lowest BCUT2D eigenvalue weighted by Gasteiger charge is -2.43. The van der Waals surface area contributed by atoms with Crippen LogP contribution in [0.25, 0.3) is 0 Å². The molecule has 0 aliphatic carbocycles. The molecular formula is C17H32O3. The third-order valence-corrected chi connectivity index (χ3v) is 4.43. The van der Waals surface area contributed by atoms with E-state index in [0.717, 1.165) is 6.42 Å². The molecule has 0 radical (unpaired) electrons. The number of hydrogen-bond donors (Lipinski definition) is 1. The monoisotopic (exact) mass is 284 g/mol. The molecule has 3 unspecified atom stereocenters. The van der Waals surface area contributed by atoms with Gasteiger partial charge in [0.05, 0.1) is 18.3 Å². The van der Waals surface area contributed by atoms with Crippen molar-refractivity contribution in [2.75, 3.05) is 0 Å². The van der Waals surface area contributed by atoms with Crippen LogP contribution in [0.5, 0.6) is 0 Å². The highest BCUT2D eigenvalue weighted by molar-refractivity contribution is 4.90. The summed E-state index contributed by atoms with van der Waals surface area (Å²) in [4.78, 5) is 0. The topological polar surface area (TPSA) is 38.7 Å². The van der Waals surface area contributed by atoms with E-state index >= 15 is 0 Å². The van der Waals surface area contributed by atoms with Crippen molar-refractivity contribution in [2.24, 2.45) is 23.7 Å². The van der Waals surface area contributed by atoms with Gasteiger partial charge in [0.2, 0.25) is 0 Å². The molecular weight excluding hydrogens is 252 g/mol. The first-order valence-corrected chi connectivity index (χ1v) is 7.89. The SMILES string of the molecule is C=C[C@H](C)[C@@H](O)[C@H](C)[C@H]1OC(OC(C)C)C(C)CC1C. The fourth-order valence-electron chi connectivity index (χ4n) is 3.14. The quantitative estimate of drug-likeness (QED) is 0.757. The molecule has 0 aromatic heterocycles. The van der Waals surface area contributed by atoms with Gasteiger partial charge < -0.3 is 14.6 Å². The normalized spacial score (nSPS) is 35.6. The van der Waals surface area contributed by atoms with Crippen LogP contribution in [0.15, 0.2) is 12.7 Å². The Kier molecular flexibility index (Phi) is 6.70. The average Bonchev–Trinajstić information content (AvgIpc) is 2.38. The molecule has 1 aliphatic heterocycles.